The fraction of sp³-hybridized carbons (Fsp3) is 0. The zero-order valence-corrected chi connectivity index (χ0v) is 4.05. The molecule has 0 atom stereocenters. The molecule has 0 bridgehead atoms. The lowest BCUT2D eigenvalue weighted by Gasteiger charge is -1.25. The molecule has 0 saturated carbocycles. The van der Waals surface area contributed by atoms with E-state index < -0.39 is 0 Å². The highest BCUT2D eigenvalue weighted by Crippen LogP contribution is 0.711. The minimum absolute atomic E-state index is 0. The van der Waals surface area contributed by atoms with Crippen LogP contribution in [0.2, 0.25) is 0 Å². The fourth-order valence-electron chi connectivity index (χ4n) is 0. The molecule has 0 aromatic carbocycles. The second-order valence-corrected chi connectivity index (χ2v) is 0. The third kappa shape index (κ3) is 128. The Kier molecular flexibility index (Phi) is 2570. The van der Waals surface area contributed by atoms with Gasteiger partial charge in [0.1, 0.15) is 0 Å². The molecule has 0 aromatic heterocycles. The molecule has 0 amide bonds. The Balaban J connectivity index is -0.00000000167. The number of halogens is 2. The fourth-order valence-corrected chi connectivity index (χ4v) is 0. The molecule has 5 heavy (non-hydrogen) atoms. The highest BCUT2D eigenvalue weighted by Gasteiger charge is 0.745. The third-order valence-corrected chi connectivity index (χ3v) is 0. The maximum absolute atomic E-state index is 6.00. The number of hydrogen-bond donors (Lipinski definition) is 3. The van der Waals surface area contributed by atoms with Crippen LogP contribution < -0.4 is 6.15 Å². The van der Waals surface area contributed by atoms with Crippen LogP contribution in [0.15, 0.2) is 0 Å². The molecule has 0 heterocycles. The SMILES string of the molecule is Cl.Cl.N.OO. The molecule has 5 N–H and O–H groups in total. The molecular weight excluding hydrogens is 117 g/mol. The predicted molar refractivity (Wildman–Crippen MR) is 24.8 cm³/mol. The van der Waals surface area contributed by atoms with Gasteiger partial charge in [-0.1, -0.05) is 0 Å². The molecule has 0 aliphatic rings. The van der Waals surface area contributed by atoms with Gasteiger partial charge in [0, 0.05) is 0 Å². The Bertz CT molecular complexity index is 7.61. The van der Waals surface area contributed by atoms with Crippen LogP contribution in [0.25, 0.3) is 0 Å². The van der Waals surface area contributed by atoms with Crippen molar-refractivity contribution in [3.63, 3.8) is 0 Å². The Morgan fingerprint density at radius 3 is 0.800 bits per heavy atom. The minimum Gasteiger partial charge on any atom is -0.344 e. The van der Waals surface area contributed by atoms with Crippen molar-refractivity contribution in [1.82, 2.24) is 6.15 Å². The zero-order valence-electron chi connectivity index (χ0n) is 2.42. The Morgan fingerprint density at radius 1 is 0.800 bits per heavy atom. The van der Waals surface area contributed by atoms with Crippen LogP contribution in [0.4, 0.5) is 0 Å². The van der Waals surface area contributed by atoms with Gasteiger partial charge in [0.05, 0.1) is 0 Å². The maximum atomic E-state index is 6.00. The lowest BCUT2D eigenvalue weighted by molar-refractivity contribution is -0.176. The van der Waals surface area contributed by atoms with Crippen LogP contribution in [-0.4, -0.2) is 10.5 Å². The highest BCUT2D eigenvalue weighted by molar-refractivity contribution is 5.85. The predicted octanol–water partition coefficient (Wildman–Crippen LogP) is 1.02. The lowest BCUT2D eigenvalue weighted by atomic mass is 14.0. The van der Waals surface area contributed by atoms with Gasteiger partial charge >= 0.3 is 0 Å². The summed E-state index contributed by atoms with van der Waals surface area (Å²) in [6.45, 7) is 0. The minimum atomic E-state index is 0. The molecule has 3 nitrogen and oxygen atoms in total. The average molecular weight is 124 g/mol. The van der Waals surface area contributed by atoms with Gasteiger partial charge in [-0.25, -0.2) is 0 Å². The summed E-state index contributed by atoms with van der Waals surface area (Å²) < 4.78 is 0. The summed E-state index contributed by atoms with van der Waals surface area (Å²) in [6, 6.07) is 0. The van der Waals surface area contributed by atoms with E-state index in [4.69, 9.17) is 10.5 Å². The smallest absolute Gasteiger partial charge is 0.147 e. The Hall–Kier alpha value is 0.460. The van der Waals surface area contributed by atoms with Crippen LogP contribution in [0, 0.1) is 0 Å². The van der Waals surface area contributed by atoms with E-state index in [1.54, 1.807) is 0 Å². The molecule has 0 unspecified atom stereocenters. The van der Waals surface area contributed by atoms with E-state index in [1.165, 1.54) is 0 Å². The molecule has 0 saturated heterocycles. The van der Waals surface area contributed by atoms with Crippen LogP contribution in [0.1, 0.15) is 0 Å². The topological polar surface area (TPSA) is 75.5 Å². The van der Waals surface area contributed by atoms with Crippen molar-refractivity contribution in [2.24, 2.45) is 0 Å². The van der Waals surface area contributed by atoms with Gasteiger partial charge in [-0.3, -0.25) is 10.5 Å². The molecule has 0 rings (SSSR count). The molecule has 0 aromatic rings. The maximum Gasteiger partial charge on any atom is -0.147 e. The van der Waals surface area contributed by atoms with E-state index in [-0.39, 0.29) is 31.0 Å². The van der Waals surface area contributed by atoms with Crippen molar-refractivity contribution in [1.29, 1.82) is 0 Å². The van der Waals surface area contributed by atoms with Gasteiger partial charge in [0.15, 0.2) is 0 Å². The molecule has 0 aliphatic heterocycles. The van der Waals surface area contributed by atoms with Gasteiger partial charge < -0.3 is 6.15 Å². The summed E-state index contributed by atoms with van der Waals surface area (Å²) in [5.74, 6) is 0. The van der Waals surface area contributed by atoms with Crippen molar-refractivity contribution in [2.75, 3.05) is 0 Å². The van der Waals surface area contributed by atoms with Crippen molar-refractivity contribution in [3.05, 3.63) is 0 Å². The van der Waals surface area contributed by atoms with E-state index >= 15 is 0 Å². The van der Waals surface area contributed by atoms with Crippen molar-refractivity contribution in [3.8, 4) is 0 Å². The molecule has 5 heteroatoms. The summed E-state index contributed by atoms with van der Waals surface area (Å²) in [7, 11) is 0. The molecule has 0 radical (unpaired) electrons. The average Bonchev–Trinajstić information content (AvgIpc) is 1.00. The number of hydrogen-bond acceptors (Lipinski definition) is 3. The largest absolute Gasteiger partial charge is 0.344 e. The second-order valence-electron chi connectivity index (χ2n) is 0. The monoisotopic (exact) mass is 123 g/mol. The quantitative estimate of drug-likeness (QED) is 0.333. The summed E-state index contributed by atoms with van der Waals surface area (Å²) in [5.41, 5.74) is 0. The van der Waals surface area contributed by atoms with Gasteiger partial charge in [-0.15, -0.1) is 24.8 Å². The standard InChI is InChI=1S/2ClH.H3N.H2O2/c;;;1-2/h2*1H;1H3;1-2H. The van der Waals surface area contributed by atoms with Gasteiger partial charge in [-0.2, -0.15) is 0 Å². The van der Waals surface area contributed by atoms with Gasteiger partial charge in [0.25, 0.3) is 0 Å². The zero-order chi connectivity index (χ0) is 2.00. The van der Waals surface area contributed by atoms with E-state index in [9.17, 15) is 0 Å². The van der Waals surface area contributed by atoms with Gasteiger partial charge in [-0.05, 0) is 0 Å². The second kappa shape index (κ2) is 252. The Labute approximate surface area is 42.3 Å². The van der Waals surface area contributed by atoms with E-state index in [0.29, 0.717) is 0 Å². The normalized spacial score (nSPS) is 1.20. The first kappa shape index (κ1) is 51.0. The number of rotatable bonds is 0. The van der Waals surface area contributed by atoms with Crippen LogP contribution in [-0.2, 0) is 0 Å². The molecule has 0 aliphatic carbocycles. The molecule has 0 fully saturated rings. The van der Waals surface area contributed by atoms with Crippen LogP contribution >= 0.6 is 24.8 Å². The van der Waals surface area contributed by atoms with E-state index in [0.717, 1.165) is 0 Å². The van der Waals surface area contributed by atoms with Crippen LogP contribution in [0.3, 0.4) is 0 Å². The molecule has 0 spiro atoms. The van der Waals surface area contributed by atoms with Crippen molar-refractivity contribution < 1.29 is 10.5 Å². The van der Waals surface area contributed by atoms with Crippen molar-refractivity contribution in [2.45, 2.75) is 0 Å². The van der Waals surface area contributed by atoms with Crippen LogP contribution in [0.5, 0.6) is 0 Å². The first-order valence-corrected chi connectivity index (χ1v) is 0.200. The summed E-state index contributed by atoms with van der Waals surface area (Å²) in [6.07, 6.45) is 0. The van der Waals surface area contributed by atoms with Crippen molar-refractivity contribution >= 4 is 24.8 Å². The summed E-state index contributed by atoms with van der Waals surface area (Å²) in [4.78, 5) is 0. The van der Waals surface area contributed by atoms with E-state index in [2.05, 4.69) is 0 Å². The highest BCUT2D eigenvalue weighted by atomic mass is 35.5. The third-order valence-electron chi connectivity index (χ3n) is 0. The lowest BCUT2D eigenvalue weighted by Crippen LogP contribution is -1.29. The molecule has 38 valence electrons. The van der Waals surface area contributed by atoms with Gasteiger partial charge in [0.2, 0.25) is 0 Å². The summed E-state index contributed by atoms with van der Waals surface area (Å²) >= 11 is 0. The first-order valence-electron chi connectivity index (χ1n) is 0.200. The Morgan fingerprint density at radius 2 is 0.800 bits per heavy atom. The summed E-state index contributed by atoms with van der Waals surface area (Å²) in [5, 5.41) is 12.0. The van der Waals surface area contributed by atoms with E-state index in [1.807, 2.05) is 0 Å². The molecular formula is H7Cl2NO2. The first-order chi connectivity index (χ1) is 1.00.